The number of carbonyl (C=O) groups is 5. The molecular weight excluding hydrogens is 422 g/mol. The molecule has 0 bridgehead atoms. The van der Waals surface area contributed by atoms with Gasteiger partial charge in [0, 0.05) is 29.9 Å². The number of nitrogens with one attached hydrogen (secondary N) is 4. The minimum absolute atomic E-state index is 0.0305. The Morgan fingerprint density at radius 1 is 1.00 bits per heavy atom. The van der Waals surface area contributed by atoms with E-state index in [0.29, 0.717) is 5.56 Å². The van der Waals surface area contributed by atoms with E-state index < -0.39 is 54.7 Å². The Bertz CT molecular complexity index is 1000. The number of amides is 3. The monoisotopic (exact) mass is 447 g/mol. The summed E-state index contributed by atoms with van der Waals surface area (Å²) in [5.41, 5.74) is 6.61. The first-order valence-corrected chi connectivity index (χ1v) is 9.77. The van der Waals surface area contributed by atoms with Crippen LogP contribution in [0, 0.1) is 0 Å². The van der Waals surface area contributed by atoms with Gasteiger partial charge in [-0.2, -0.15) is 0 Å². The van der Waals surface area contributed by atoms with E-state index in [1.165, 1.54) is 0 Å². The summed E-state index contributed by atoms with van der Waals surface area (Å²) in [6, 6.07) is 4.64. The molecule has 3 amide bonds. The number of benzene rings is 1. The Kier molecular flexibility index (Phi) is 8.72. The van der Waals surface area contributed by atoms with E-state index in [0.717, 1.165) is 10.9 Å². The minimum atomic E-state index is -1.32. The zero-order valence-corrected chi connectivity index (χ0v) is 17.1. The average Bonchev–Trinajstić information content (AvgIpc) is 3.16. The molecule has 0 saturated heterocycles. The SMILES string of the molecule is NCC(=O)NCC(=O)NC(CCC(=O)O)C(=O)NC(Cc1c[nH]c2ccccc12)C(=O)O. The fourth-order valence-electron chi connectivity index (χ4n) is 3.03. The first-order chi connectivity index (χ1) is 15.2. The smallest absolute Gasteiger partial charge is 0.326 e. The van der Waals surface area contributed by atoms with Crippen molar-refractivity contribution in [2.45, 2.75) is 31.3 Å². The molecule has 2 unspecified atom stereocenters. The van der Waals surface area contributed by atoms with Crippen molar-refractivity contribution in [3.63, 3.8) is 0 Å². The van der Waals surface area contributed by atoms with Gasteiger partial charge in [-0.3, -0.25) is 19.2 Å². The fourth-order valence-corrected chi connectivity index (χ4v) is 3.03. The predicted octanol–water partition coefficient (Wildman–Crippen LogP) is -1.30. The number of fused-ring (bicyclic) bond motifs is 1. The van der Waals surface area contributed by atoms with Crippen molar-refractivity contribution >= 4 is 40.6 Å². The lowest BCUT2D eigenvalue weighted by atomic mass is 10.0. The first kappa shape index (κ1) is 24.3. The normalized spacial score (nSPS) is 12.5. The Labute approximate surface area is 182 Å². The summed E-state index contributed by atoms with van der Waals surface area (Å²) in [6.45, 7) is -0.797. The molecule has 1 aromatic carbocycles. The van der Waals surface area contributed by atoms with Gasteiger partial charge in [-0.25, -0.2) is 4.79 Å². The van der Waals surface area contributed by atoms with Crippen LogP contribution in [-0.4, -0.2) is 70.0 Å². The lowest BCUT2D eigenvalue weighted by molar-refractivity contribution is -0.143. The molecular formula is C20H25N5O7. The lowest BCUT2D eigenvalue weighted by Gasteiger charge is -2.21. The van der Waals surface area contributed by atoms with Gasteiger partial charge in [-0.15, -0.1) is 0 Å². The molecule has 1 heterocycles. The number of carboxylic acid groups (broad SMARTS) is 2. The molecule has 12 nitrogen and oxygen atoms in total. The molecule has 172 valence electrons. The summed E-state index contributed by atoms with van der Waals surface area (Å²) in [6.07, 6.45) is 0.915. The zero-order chi connectivity index (χ0) is 23.7. The number of rotatable bonds is 12. The van der Waals surface area contributed by atoms with Crippen molar-refractivity contribution in [2.24, 2.45) is 5.73 Å². The van der Waals surface area contributed by atoms with E-state index in [9.17, 15) is 29.1 Å². The molecule has 2 rings (SSSR count). The number of para-hydroxylation sites is 1. The minimum Gasteiger partial charge on any atom is -0.481 e. The lowest BCUT2D eigenvalue weighted by Crippen LogP contribution is -2.53. The van der Waals surface area contributed by atoms with Gasteiger partial charge in [0.1, 0.15) is 12.1 Å². The largest absolute Gasteiger partial charge is 0.481 e. The summed E-state index contributed by atoms with van der Waals surface area (Å²) < 4.78 is 0. The van der Waals surface area contributed by atoms with Crippen LogP contribution in [0.1, 0.15) is 18.4 Å². The second kappa shape index (κ2) is 11.5. The number of carboxylic acids is 2. The molecule has 2 aromatic rings. The summed E-state index contributed by atoms with van der Waals surface area (Å²) in [5.74, 6) is -4.67. The van der Waals surface area contributed by atoms with E-state index in [1.54, 1.807) is 12.3 Å². The van der Waals surface area contributed by atoms with Crippen LogP contribution in [0.4, 0.5) is 0 Å². The summed E-state index contributed by atoms with van der Waals surface area (Å²) in [5, 5.41) is 26.2. The third-order valence-corrected chi connectivity index (χ3v) is 4.64. The maximum Gasteiger partial charge on any atom is 0.326 e. The zero-order valence-electron chi connectivity index (χ0n) is 17.1. The maximum atomic E-state index is 12.7. The van der Waals surface area contributed by atoms with Gasteiger partial charge in [0.2, 0.25) is 17.7 Å². The highest BCUT2D eigenvalue weighted by Crippen LogP contribution is 2.19. The van der Waals surface area contributed by atoms with E-state index in [4.69, 9.17) is 10.8 Å². The van der Waals surface area contributed by atoms with Crippen molar-refractivity contribution in [3.8, 4) is 0 Å². The van der Waals surface area contributed by atoms with Crippen LogP contribution >= 0.6 is 0 Å². The second-order valence-electron chi connectivity index (χ2n) is 7.00. The molecule has 0 fully saturated rings. The van der Waals surface area contributed by atoms with Crippen molar-refractivity contribution in [1.29, 1.82) is 0 Å². The van der Waals surface area contributed by atoms with Crippen LogP contribution < -0.4 is 21.7 Å². The molecule has 0 saturated carbocycles. The number of nitrogens with two attached hydrogens (primary N) is 1. The Balaban J connectivity index is 2.09. The first-order valence-electron chi connectivity index (χ1n) is 9.77. The molecule has 0 aliphatic rings. The van der Waals surface area contributed by atoms with Crippen LogP contribution in [0.2, 0.25) is 0 Å². The number of hydrogen-bond donors (Lipinski definition) is 7. The van der Waals surface area contributed by atoms with Gasteiger partial charge in [0.25, 0.3) is 0 Å². The standard InChI is InChI=1S/C20H25N5O7/c21-8-16(26)23-10-17(27)24-14(5-6-18(28)29)19(30)25-15(20(31)32)7-11-9-22-13-4-2-1-3-12(11)13/h1-4,9,14-15,22H,5-8,10,21H2,(H,23,26)(H,24,27)(H,25,30)(H,28,29)(H,31,32). The summed E-state index contributed by atoms with van der Waals surface area (Å²) in [7, 11) is 0. The molecule has 32 heavy (non-hydrogen) atoms. The second-order valence-corrected chi connectivity index (χ2v) is 7.00. The van der Waals surface area contributed by atoms with Crippen LogP contribution in [0.3, 0.4) is 0 Å². The Morgan fingerprint density at radius 3 is 2.38 bits per heavy atom. The predicted molar refractivity (Wildman–Crippen MR) is 112 cm³/mol. The van der Waals surface area contributed by atoms with Crippen molar-refractivity contribution in [2.75, 3.05) is 13.1 Å². The van der Waals surface area contributed by atoms with E-state index >= 15 is 0 Å². The molecule has 1 aromatic heterocycles. The van der Waals surface area contributed by atoms with Crippen molar-refractivity contribution < 1.29 is 34.2 Å². The number of aromatic amines is 1. The molecule has 0 aliphatic carbocycles. The average molecular weight is 447 g/mol. The third-order valence-electron chi connectivity index (χ3n) is 4.64. The van der Waals surface area contributed by atoms with E-state index in [2.05, 4.69) is 20.9 Å². The van der Waals surface area contributed by atoms with Gasteiger partial charge < -0.3 is 36.9 Å². The third kappa shape index (κ3) is 7.09. The van der Waals surface area contributed by atoms with Gasteiger partial charge in [-0.1, -0.05) is 18.2 Å². The highest BCUT2D eigenvalue weighted by atomic mass is 16.4. The molecule has 12 heteroatoms. The van der Waals surface area contributed by atoms with Gasteiger partial charge in [0.15, 0.2) is 0 Å². The van der Waals surface area contributed by atoms with Crippen LogP contribution in [0.15, 0.2) is 30.5 Å². The molecule has 0 aliphatic heterocycles. The Morgan fingerprint density at radius 2 is 1.72 bits per heavy atom. The number of carbonyl (C=O) groups excluding carboxylic acids is 3. The highest BCUT2D eigenvalue weighted by Gasteiger charge is 2.28. The summed E-state index contributed by atoms with van der Waals surface area (Å²) in [4.78, 5) is 61.6. The Hall–Kier alpha value is -3.93. The van der Waals surface area contributed by atoms with Crippen molar-refractivity contribution in [3.05, 3.63) is 36.0 Å². The highest BCUT2D eigenvalue weighted by molar-refractivity contribution is 5.92. The fraction of sp³-hybridized carbons (Fsp3) is 0.350. The van der Waals surface area contributed by atoms with Gasteiger partial charge in [-0.05, 0) is 18.1 Å². The van der Waals surface area contributed by atoms with Crippen molar-refractivity contribution in [1.82, 2.24) is 20.9 Å². The molecule has 8 N–H and O–H groups in total. The molecule has 2 atom stereocenters. The number of aliphatic carboxylic acids is 2. The summed E-state index contributed by atoms with van der Waals surface area (Å²) >= 11 is 0. The quantitative estimate of drug-likeness (QED) is 0.208. The number of aromatic nitrogens is 1. The van der Waals surface area contributed by atoms with E-state index in [-0.39, 0.29) is 19.4 Å². The van der Waals surface area contributed by atoms with Gasteiger partial charge in [0.05, 0.1) is 13.1 Å². The topological polar surface area (TPSA) is 204 Å². The number of H-pyrrole nitrogens is 1. The van der Waals surface area contributed by atoms with Crippen LogP contribution in [0.5, 0.6) is 0 Å². The van der Waals surface area contributed by atoms with Crippen LogP contribution in [0.25, 0.3) is 10.9 Å². The van der Waals surface area contributed by atoms with Crippen LogP contribution in [-0.2, 0) is 30.4 Å². The molecule has 0 radical (unpaired) electrons. The van der Waals surface area contributed by atoms with E-state index in [1.807, 2.05) is 18.2 Å². The maximum absolute atomic E-state index is 12.7. The number of hydrogen-bond acceptors (Lipinski definition) is 6. The molecule has 0 spiro atoms. The van der Waals surface area contributed by atoms with Gasteiger partial charge >= 0.3 is 11.9 Å².